The number of carbonyl (C=O) groups is 2. The second kappa shape index (κ2) is 8.23. The second-order valence-corrected chi connectivity index (χ2v) is 6.32. The van der Waals surface area contributed by atoms with Crippen molar-refractivity contribution in [2.45, 2.75) is 19.3 Å². The van der Waals surface area contributed by atoms with Crippen LogP contribution < -0.4 is 10.1 Å². The van der Waals surface area contributed by atoms with Crippen LogP contribution in [-0.2, 0) is 16.0 Å². The van der Waals surface area contributed by atoms with Crippen molar-refractivity contribution >= 4 is 40.8 Å². The van der Waals surface area contributed by atoms with Gasteiger partial charge in [0.15, 0.2) is 0 Å². The molecule has 1 atom stereocenters. The molecule has 0 saturated heterocycles. The van der Waals surface area contributed by atoms with Crippen LogP contribution in [0.2, 0.25) is 10.0 Å². The molecule has 0 aliphatic rings. The number of carboxylic acids is 1. The molecular formula is C18H17Cl2NO4. The van der Waals surface area contributed by atoms with E-state index in [0.717, 1.165) is 0 Å². The Morgan fingerprint density at radius 3 is 2.52 bits per heavy atom. The fourth-order valence-corrected chi connectivity index (χ4v) is 2.74. The highest BCUT2D eigenvalue weighted by Crippen LogP contribution is 2.29. The predicted octanol–water partition coefficient (Wildman–Crippen LogP) is 4.37. The molecule has 2 aromatic carbocycles. The standard InChI is InChI=1S/C18H17Cl2NO4/c1-10(18(23)24)11-4-6-16(25-2)15(7-11)21-17(22)8-12-3-5-13(19)9-14(12)20/h3-7,9-10H,8H2,1-2H3,(H,21,22)(H,23,24). The van der Waals surface area contributed by atoms with Crippen molar-refractivity contribution in [2.24, 2.45) is 0 Å². The van der Waals surface area contributed by atoms with Gasteiger partial charge < -0.3 is 15.2 Å². The molecule has 132 valence electrons. The van der Waals surface area contributed by atoms with Crippen LogP contribution >= 0.6 is 23.2 Å². The Balaban J connectivity index is 2.21. The number of halogens is 2. The molecule has 0 heterocycles. The monoisotopic (exact) mass is 381 g/mol. The fourth-order valence-electron chi connectivity index (χ4n) is 2.27. The fraction of sp³-hybridized carbons (Fsp3) is 0.222. The highest BCUT2D eigenvalue weighted by Gasteiger charge is 2.17. The average molecular weight is 382 g/mol. The van der Waals surface area contributed by atoms with Crippen LogP contribution in [0.5, 0.6) is 5.75 Å². The number of carboxylic acid groups (broad SMARTS) is 1. The SMILES string of the molecule is COc1ccc(C(C)C(=O)O)cc1NC(=O)Cc1ccc(Cl)cc1Cl. The van der Waals surface area contributed by atoms with Gasteiger partial charge in [0.05, 0.1) is 25.1 Å². The van der Waals surface area contributed by atoms with E-state index in [1.165, 1.54) is 7.11 Å². The molecule has 0 saturated carbocycles. The minimum Gasteiger partial charge on any atom is -0.495 e. The average Bonchev–Trinajstić information content (AvgIpc) is 2.56. The maximum absolute atomic E-state index is 12.3. The topological polar surface area (TPSA) is 75.6 Å². The lowest BCUT2D eigenvalue weighted by Gasteiger charge is -2.14. The van der Waals surface area contributed by atoms with Gasteiger partial charge in [0.1, 0.15) is 5.75 Å². The van der Waals surface area contributed by atoms with Gasteiger partial charge in [0.2, 0.25) is 5.91 Å². The normalized spacial score (nSPS) is 11.7. The molecule has 25 heavy (non-hydrogen) atoms. The number of aliphatic carboxylic acids is 1. The van der Waals surface area contributed by atoms with Gasteiger partial charge in [0.25, 0.3) is 0 Å². The highest BCUT2D eigenvalue weighted by molar-refractivity contribution is 6.35. The van der Waals surface area contributed by atoms with Gasteiger partial charge in [-0.3, -0.25) is 9.59 Å². The van der Waals surface area contributed by atoms with Gasteiger partial charge in [-0.05, 0) is 42.3 Å². The van der Waals surface area contributed by atoms with Gasteiger partial charge in [-0.25, -0.2) is 0 Å². The lowest BCUT2D eigenvalue weighted by Crippen LogP contribution is -2.16. The first kappa shape index (κ1) is 19.1. The molecular weight excluding hydrogens is 365 g/mol. The minimum atomic E-state index is -0.949. The van der Waals surface area contributed by atoms with E-state index < -0.39 is 11.9 Å². The quantitative estimate of drug-likeness (QED) is 0.778. The van der Waals surface area contributed by atoms with Crippen molar-refractivity contribution in [3.8, 4) is 5.75 Å². The second-order valence-electron chi connectivity index (χ2n) is 5.48. The maximum atomic E-state index is 12.3. The van der Waals surface area contributed by atoms with Crippen molar-refractivity contribution < 1.29 is 19.4 Å². The molecule has 1 amide bonds. The number of nitrogens with one attached hydrogen (secondary N) is 1. The number of methoxy groups -OCH3 is 1. The Morgan fingerprint density at radius 2 is 1.92 bits per heavy atom. The summed E-state index contributed by atoms with van der Waals surface area (Å²) in [5.74, 6) is -1.51. The first-order valence-electron chi connectivity index (χ1n) is 7.46. The predicted molar refractivity (Wildman–Crippen MR) is 97.8 cm³/mol. The molecule has 0 aliphatic heterocycles. The smallest absolute Gasteiger partial charge is 0.310 e. The Morgan fingerprint density at radius 1 is 1.20 bits per heavy atom. The summed E-state index contributed by atoms with van der Waals surface area (Å²) < 4.78 is 5.23. The summed E-state index contributed by atoms with van der Waals surface area (Å²) >= 11 is 11.9. The van der Waals surface area contributed by atoms with Crippen LogP contribution in [0.3, 0.4) is 0 Å². The zero-order valence-electron chi connectivity index (χ0n) is 13.7. The highest BCUT2D eigenvalue weighted by atomic mass is 35.5. The Kier molecular flexibility index (Phi) is 6.28. The molecule has 2 N–H and O–H groups in total. The number of ether oxygens (including phenoxy) is 1. The van der Waals surface area contributed by atoms with Gasteiger partial charge in [-0.15, -0.1) is 0 Å². The summed E-state index contributed by atoms with van der Waals surface area (Å²) in [4.78, 5) is 23.5. The largest absolute Gasteiger partial charge is 0.495 e. The van der Waals surface area contributed by atoms with E-state index in [2.05, 4.69) is 5.32 Å². The minimum absolute atomic E-state index is 0.0534. The molecule has 5 nitrogen and oxygen atoms in total. The maximum Gasteiger partial charge on any atom is 0.310 e. The summed E-state index contributed by atoms with van der Waals surface area (Å²) in [7, 11) is 1.47. The van der Waals surface area contributed by atoms with Crippen molar-refractivity contribution in [1.82, 2.24) is 0 Å². The van der Waals surface area contributed by atoms with Crippen LogP contribution in [0.25, 0.3) is 0 Å². The third-order valence-electron chi connectivity index (χ3n) is 3.73. The molecule has 0 radical (unpaired) electrons. The van der Waals surface area contributed by atoms with E-state index in [1.807, 2.05) is 0 Å². The Hall–Kier alpha value is -2.24. The van der Waals surface area contributed by atoms with E-state index in [0.29, 0.717) is 32.6 Å². The van der Waals surface area contributed by atoms with Crippen LogP contribution in [0, 0.1) is 0 Å². The lowest BCUT2D eigenvalue weighted by molar-refractivity contribution is -0.138. The number of anilines is 1. The molecule has 0 bridgehead atoms. The summed E-state index contributed by atoms with van der Waals surface area (Å²) in [5.41, 5.74) is 1.61. The molecule has 2 aromatic rings. The summed E-state index contributed by atoms with van der Waals surface area (Å²) in [6.45, 7) is 1.57. The Labute approximate surface area is 155 Å². The number of hydrogen-bond acceptors (Lipinski definition) is 3. The molecule has 7 heteroatoms. The lowest BCUT2D eigenvalue weighted by atomic mass is 10.0. The number of carbonyl (C=O) groups excluding carboxylic acids is 1. The van der Waals surface area contributed by atoms with Crippen LogP contribution in [0.15, 0.2) is 36.4 Å². The van der Waals surface area contributed by atoms with E-state index in [9.17, 15) is 9.59 Å². The van der Waals surface area contributed by atoms with E-state index in [4.69, 9.17) is 33.0 Å². The molecule has 1 unspecified atom stereocenters. The molecule has 0 fully saturated rings. The van der Waals surface area contributed by atoms with Crippen molar-refractivity contribution in [3.05, 3.63) is 57.6 Å². The van der Waals surface area contributed by atoms with Gasteiger partial charge in [-0.2, -0.15) is 0 Å². The van der Waals surface area contributed by atoms with Crippen LogP contribution in [-0.4, -0.2) is 24.1 Å². The zero-order valence-corrected chi connectivity index (χ0v) is 15.2. The van der Waals surface area contributed by atoms with E-state index in [1.54, 1.807) is 43.3 Å². The van der Waals surface area contributed by atoms with Gasteiger partial charge in [0, 0.05) is 10.0 Å². The summed E-state index contributed by atoms with van der Waals surface area (Å²) in [6.07, 6.45) is 0.0534. The van der Waals surface area contributed by atoms with Gasteiger partial charge >= 0.3 is 5.97 Å². The molecule has 2 rings (SSSR count). The number of rotatable bonds is 6. The third-order valence-corrected chi connectivity index (χ3v) is 4.32. The summed E-state index contributed by atoms with van der Waals surface area (Å²) in [5, 5.41) is 12.8. The van der Waals surface area contributed by atoms with Crippen molar-refractivity contribution in [3.63, 3.8) is 0 Å². The van der Waals surface area contributed by atoms with Crippen molar-refractivity contribution in [2.75, 3.05) is 12.4 Å². The first-order valence-corrected chi connectivity index (χ1v) is 8.22. The van der Waals surface area contributed by atoms with Crippen molar-refractivity contribution in [1.29, 1.82) is 0 Å². The first-order chi connectivity index (χ1) is 11.8. The number of benzene rings is 2. The van der Waals surface area contributed by atoms with Gasteiger partial charge in [-0.1, -0.05) is 35.3 Å². The third kappa shape index (κ3) is 4.87. The molecule has 0 aromatic heterocycles. The Bertz CT molecular complexity index is 808. The summed E-state index contributed by atoms with van der Waals surface area (Å²) in [6, 6.07) is 9.79. The molecule has 0 spiro atoms. The molecule has 0 aliphatic carbocycles. The van der Waals surface area contributed by atoms with E-state index >= 15 is 0 Å². The van der Waals surface area contributed by atoms with E-state index in [-0.39, 0.29) is 12.3 Å². The van der Waals surface area contributed by atoms with Crippen LogP contribution in [0.4, 0.5) is 5.69 Å². The van der Waals surface area contributed by atoms with Crippen LogP contribution in [0.1, 0.15) is 24.0 Å². The zero-order chi connectivity index (χ0) is 18.6. The number of hydrogen-bond donors (Lipinski definition) is 2. The number of amides is 1.